The quantitative estimate of drug-likeness (QED) is 0.785. The summed E-state index contributed by atoms with van der Waals surface area (Å²) in [5.74, 6) is 0.885. The number of piperidine rings is 1. The third-order valence-electron chi connectivity index (χ3n) is 4.90. The van der Waals surface area contributed by atoms with E-state index >= 15 is 0 Å². The van der Waals surface area contributed by atoms with Crippen LogP contribution in [0.5, 0.6) is 0 Å². The Balaban J connectivity index is 1.72. The van der Waals surface area contributed by atoms with Crippen LogP contribution in [0.25, 0.3) is 5.69 Å². The Hall–Kier alpha value is -1.89. The number of thioether (sulfide) groups is 1. The van der Waals surface area contributed by atoms with Crippen molar-refractivity contribution in [3.63, 3.8) is 0 Å². The fourth-order valence-electron chi connectivity index (χ4n) is 2.97. The van der Waals surface area contributed by atoms with Crippen LogP contribution < -0.4 is 0 Å². The fourth-order valence-corrected chi connectivity index (χ4v) is 3.86. The molecule has 0 N–H and O–H groups in total. The van der Waals surface area contributed by atoms with E-state index in [1.54, 1.807) is 4.68 Å². The smallest absolute Gasteiger partial charge is 0.235 e. The number of carbonyl (C=O) groups excluding carboxylic acids is 1. The topological polar surface area (TPSA) is 63.9 Å². The molecule has 6 nitrogen and oxygen atoms in total. The average molecular weight is 359 g/mol. The van der Waals surface area contributed by atoms with Gasteiger partial charge in [0.25, 0.3) is 0 Å². The van der Waals surface area contributed by atoms with E-state index in [2.05, 4.69) is 48.4 Å². The first kappa shape index (κ1) is 17.9. The molecule has 134 valence electrons. The van der Waals surface area contributed by atoms with E-state index in [0.717, 1.165) is 31.6 Å². The number of hydrogen-bond acceptors (Lipinski definition) is 5. The van der Waals surface area contributed by atoms with Gasteiger partial charge in [0.1, 0.15) is 0 Å². The van der Waals surface area contributed by atoms with Gasteiger partial charge in [0.15, 0.2) is 0 Å². The maximum atomic E-state index is 12.7. The number of aryl methyl sites for hydroxylation is 2. The summed E-state index contributed by atoms with van der Waals surface area (Å²) in [4.78, 5) is 14.7. The second-order valence-corrected chi connectivity index (χ2v) is 8.22. The monoisotopic (exact) mass is 359 g/mol. The molecule has 0 spiro atoms. The number of benzene rings is 1. The van der Waals surface area contributed by atoms with Crippen LogP contribution in [0, 0.1) is 19.8 Å². The van der Waals surface area contributed by atoms with Gasteiger partial charge in [-0.25, -0.2) is 0 Å². The number of hydrogen-bond donors (Lipinski definition) is 0. The van der Waals surface area contributed by atoms with E-state index in [0.29, 0.717) is 11.1 Å². The zero-order chi connectivity index (χ0) is 18.0. The number of carbonyl (C=O) groups is 1. The van der Waals surface area contributed by atoms with Gasteiger partial charge >= 0.3 is 0 Å². The first-order valence-corrected chi connectivity index (χ1v) is 9.65. The van der Waals surface area contributed by atoms with Gasteiger partial charge in [0.05, 0.1) is 10.9 Å². The molecule has 2 heterocycles. The summed E-state index contributed by atoms with van der Waals surface area (Å²) < 4.78 is 1.71. The minimum absolute atomic E-state index is 0.173. The van der Waals surface area contributed by atoms with Crippen molar-refractivity contribution in [1.29, 1.82) is 0 Å². The van der Waals surface area contributed by atoms with Crippen LogP contribution in [0.15, 0.2) is 23.4 Å². The molecule has 0 radical (unpaired) electrons. The third-order valence-corrected chi connectivity index (χ3v) is 5.92. The Labute approximate surface area is 153 Å². The van der Waals surface area contributed by atoms with E-state index in [1.807, 2.05) is 17.9 Å². The number of nitrogens with zero attached hydrogens (tertiary/aromatic N) is 5. The molecule has 7 heteroatoms. The zero-order valence-corrected chi connectivity index (χ0v) is 16.1. The molecule has 1 aliphatic heterocycles. The van der Waals surface area contributed by atoms with E-state index in [1.165, 1.54) is 22.9 Å². The Morgan fingerprint density at radius 2 is 1.96 bits per heavy atom. The largest absolute Gasteiger partial charge is 0.342 e. The van der Waals surface area contributed by atoms with Crippen molar-refractivity contribution in [2.45, 2.75) is 50.9 Å². The minimum atomic E-state index is -0.204. The molecule has 1 aliphatic rings. The second kappa shape index (κ2) is 7.56. The minimum Gasteiger partial charge on any atom is -0.342 e. The summed E-state index contributed by atoms with van der Waals surface area (Å²) in [6, 6.07) is 6.12. The first-order chi connectivity index (χ1) is 12.0. The standard InChI is InChI=1S/C18H25N5OS/c1-12-7-9-22(10-8-12)17(24)15(4)25-18-19-20-21-23(18)16-6-5-13(2)14(3)11-16/h5-6,11-12,15H,7-10H2,1-4H3. The van der Waals surface area contributed by atoms with Gasteiger partial charge < -0.3 is 4.90 Å². The Morgan fingerprint density at radius 3 is 2.64 bits per heavy atom. The third kappa shape index (κ3) is 4.03. The molecular formula is C18H25N5OS. The van der Waals surface area contributed by atoms with Gasteiger partial charge in [0, 0.05) is 13.1 Å². The molecule has 1 fully saturated rings. The van der Waals surface area contributed by atoms with Crippen LogP contribution in [-0.4, -0.2) is 49.4 Å². The number of rotatable bonds is 4. The molecule has 3 rings (SSSR count). The Kier molecular flexibility index (Phi) is 5.42. The lowest BCUT2D eigenvalue weighted by molar-refractivity contribution is -0.131. The average Bonchev–Trinajstić information content (AvgIpc) is 3.05. The van der Waals surface area contributed by atoms with Crippen molar-refractivity contribution >= 4 is 17.7 Å². The summed E-state index contributed by atoms with van der Waals surface area (Å²) in [6.07, 6.45) is 2.17. The number of aromatic nitrogens is 4. The SMILES string of the molecule is Cc1ccc(-n2nnnc2SC(C)C(=O)N2CCC(C)CC2)cc1C. The molecule has 2 aromatic rings. The summed E-state index contributed by atoms with van der Waals surface area (Å²) in [7, 11) is 0. The lowest BCUT2D eigenvalue weighted by Gasteiger charge is -2.31. The van der Waals surface area contributed by atoms with Crippen LogP contribution in [0.2, 0.25) is 0 Å². The molecule has 1 unspecified atom stereocenters. The van der Waals surface area contributed by atoms with E-state index in [-0.39, 0.29) is 11.2 Å². The van der Waals surface area contributed by atoms with Gasteiger partial charge in [-0.3, -0.25) is 4.79 Å². The molecule has 0 aliphatic carbocycles. The van der Waals surface area contributed by atoms with Gasteiger partial charge in [-0.15, -0.1) is 5.10 Å². The predicted octanol–water partition coefficient (Wildman–Crippen LogP) is 3.02. The molecule has 1 amide bonds. The highest BCUT2D eigenvalue weighted by molar-refractivity contribution is 8.00. The molecular weight excluding hydrogens is 334 g/mol. The van der Waals surface area contributed by atoms with Crippen molar-refractivity contribution in [3.05, 3.63) is 29.3 Å². The Morgan fingerprint density at radius 1 is 1.24 bits per heavy atom. The molecule has 1 saturated heterocycles. The first-order valence-electron chi connectivity index (χ1n) is 8.77. The molecule has 1 atom stereocenters. The van der Waals surface area contributed by atoms with Gasteiger partial charge in [-0.2, -0.15) is 4.68 Å². The van der Waals surface area contributed by atoms with Gasteiger partial charge in [-0.05, 0) is 73.2 Å². The molecule has 0 bridgehead atoms. The highest BCUT2D eigenvalue weighted by atomic mass is 32.2. The van der Waals surface area contributed by atoms with E-state index < -0.39 is 0 Å². The normalized spacial score (nSPS) is 16.9. The summed E-state index contributed by atoms with van der Waals surface area (Å²) in [5, 5.41) is 12.5. The van der Waals surface area contributed by atoms with Gasteiger partial charge in [0.2, 0.25) is 11.1 Å². The van der Waals surface area contributed by atoms with Crippen LogP contribution in [0.4, 0.5) is 0 Å². The second-order valence-electron chi connectivity index (χ2n) is 6.91. The number of tetrazole rings is 1. The zero-order valence-electron chi connectivity index (χ0n) is 15.3. The highest BCUT2D eigenvalue weighted by Crippen LogP contribution is 2.26. The summed E-state index contributed by atoms with van der Waals surface area (Å²) in [5.41, 5.74) is 3.34. The van der Waals surface area contributed by atoms with Crippen molar-refractivity contribution in [1.82, 2.24) is 25.1 Å². The maximum Gasteiger partial charge on any atom is 0.235 e. The summed E-state index contributed by atoms with van der Waals surface area (Å²) in [6.45, 7) is 10.0. The molecule has 1 aromatic carbocycles. The lowest BCUT2D eigenvalue weighted by atomic mass is 9.99. The van der Waals surface area contributed by atoms with Crippen LogP contribution in [0.3, 0.4) is 0 Å². The Bertz CT molecular complexity index is 752. The molecule has 0 saturated carbocycles. The van der Waals surface area contributed by atoms with Crippen LogP contribution in [0.1, 0.15) is 37.8 Å². The lowest BCUT2D eigenvalue weighted by Crippen LogP contribution is -2.41. The van der Waals surface area contributed by atoms with Crippen LogP contribution >= 0.6 is 11.8 Å². The van der Waals surface area contributed by atoms with Crippen molar-refractivity contribution in [2.75, 3.05) is 13.1 Å². The maximum absolute atomic E-state index is 12.7. The van der Waals surface area contributed by atoms with E-state index in [9.17, 15) is 4.79 Å². The van der Waals surface area contributed by atoms with E-state index in [4.69, 9.17) is 0 Å². The van der Waals surface area contributed by atoms with Gasteiger partial charge in [-0.1, -0.05) is 24.8 Å². The van der Waals surface area contributed by atoms with Crippen LogP contribution in [-0.2, 0) is 4.79 Å². The fraction of sp³-hybridized carbons (Fsp3) is 0.556. The highest BCUT2D eigenvalue weighted by Gasteiger charge is 2.26. The van der Waals surface area contributed by atoms with Crippen molar-refractivity contribution < 1.29 is 4.79 Å². The molecule has 25 heavy (non-hydrogen) atoms. The summed E-state index contributed by atoms with van der Waals surface area (Å²) >= 11 is 1.42. The number of likely N-dealkylation sites (tertiary alicyclic amines) is 1. The predicted molar refractivity (Wildman–Crippen MR) is 98.9 cm³/mol. The van der Waals surface area contributed by atoms with Crippen molar-refractivity contribution in [2.24, 2.45) is 5.92 Å². The number of amides is 1. The molecule has 1 aromatic heterocycles. The van der Waals surface area contributed by atoms with Crippen molar-refractivity contribution in [3.8, 4) is 5.69 Å².